The van der Waals surface area contributed by atoms with E-state index in [4.69, 9.17) is 4.74 Å². The topological polar surface area (TPSA) is 79.0 Å². The van der Waals surface area contributed by atoms with Crippen molar-refractivity contribution in [3.05, 3.63) is 29.8 Å². The van der Waals surface area contributed by atoms with Crippen LogP contribution in [-0.4, -0.2) is 53.4 Å². The molecule has 1 atom stereocenters. The smallest absolute Gasteiger partial charge is 0.325 e. The van der Waals surface area contributed by atoms with Crippen LogP contribution in [0, 0.1) is 0 Å². The maximum absolute atomic E-state index is 12.9. The van der Waals surface area contributed by atoms with E-state index in [0.29, 0.717) is 19.4 Å². The molecular formula is C22H29N3O4. The van der Waals surface area contributed by atoms with Crippen LogP contribution in [0.15, 0.2) is 24.3 Å². The van der Waals surface area contributed by atoms with Gasteiger partial charge in [0.05, 0.1) is 13.2 Å². The second-order valence-electron chi connectivity index (χ2n) is 8.30. The van der Waals surface area contributed by atoms with E-state index in [1.807, 2.05) is 29.2 Å². The number of nitrogens with one attached hydrogen (secondary N) is 1. The number of amides is 4. The molecule has 2 heterocycles. The van der Waals surface area contributed by atoms with E-state index in [0.717, 1.165) is 43.4 Å². The Morgan fingerprint density at radius 1 is 1.14 bits per heavy atom. The number of carbonyl (C=O) groups excluding carboxylic acids is 3. The monoisotopic (exact) mass is 399 g/mol. The highest BCUT2D eigenvalue weighted by atomic mass is 16.5. The van der Waals surface area contributed by atoms with Gasteiger partial charge in [-0.15, -0.1) is 0 Å². The van der Waals surface area contributed by atoms with Gasteiger partial charge >= 0.3 is 6.03 Å². The predicted octanol–water partition coefficient (Wildman–Crippen LogP) is 3.00. The lowest BCUT2D eigenvalue weighted by molar-refractivity contribution is -0.134. The number of hydrogen-bond acceptors (Lipinski definition) is 4. The molecule has 4 amide bonds. The Balaban J connectivity index is 1.38. The Kier molecular flexibility index (Phi) is 5.48. The van der Waals surface area contributed by atoms with Crippen LogP contribution in [0.3, 0.4) is 0 Å². The van der Waals surface area contributed by atoms with E-state index in [1.54, 1.807) is 7.11 Å². The Hall–Kier alpha value is -2.57. The van der Waals surface area contributed by atoms with Crippen molar-refractivity contribution in [2.24, 2.45) is 0 Å². The number of benzene rings is 1. The molecule has 2 saturated heterocycles. The molecule has 7 heteroatoms. The normalized spacial score (nSPS) is 23.6. The molecule has 0 radical (unpaired) electrons. The van der Waals surface area contributed by atoms with Crippen LogP contribution >= 0.6 is 0 Å². The van der Waals surface area contributed by atoms with Crippen molar-refractivity contribution in [3.8, 4) is 5.75 Å². The van der Waals surface area contributed by atoms with E-state index in [-0.39, 0.29) is 36.9 Å². The van der Waals surface area contributed by atoms with Crippen LogP contribution in [0.4, 0.5) is 4.79 Å². The van der Waals surface area contributed by atoms with Gasteiger partial charge in [0, 0.05) is 19.5 Å². The minimum Gasteiger partial charge on any atom is -0.497 e. The first-order chi connectivity index (χ1) is 14.0. The standard InChI is InChI=1S/C22H29N3O4/c1-29-17-9-7-16(8-10-17)18-6-5-14-24(18)19(26)11-15-25-20(27)22(23-21(25)28)12-3-2-4-13-22/h7-10,18H,2-6,11-15H2,1H3,(H,23,28). The average molecular weight is 399 g/mol. The van der Waals surface area contributed by atoms with Gasteiger partial charge in [0.1, 0.15) is 11.3 Å². The molecule has 156 valence electrons. The summed E-state index contributed by atoms with van der Waals surface area (Å²) in [7, 11) is 1.63. The molecule has 1 unspecified atom stereocenters. The molecule has 1 spiro atoms. The van der Waals surface area contributed by atoms with Crippen molar-refractivity contribution in [2.45, 2.75) is 62.9 Å². The summed E-state index contributed by atoms with van der Waals surface area (Å²) in [6.45, 7) is 0.858. The van der Waals surface area contributed by atoms with Crippen LogP contribution in [0.2, 0.25) is 0 Å². The molecule has 1 aromatic rings. The molecule has 1 saturated carbocycles. The molecule has 3 aliphatic rings. The summed E-state index contributed by atoms with van der Waals surface area (Å²) in [5.41, 5.74) is 0.366. The molecule has 1 aliphatic carbocycles. The first kappa shape index (κ1) is 19.7. The van der Waals surface area contributed by atoms with Gasteiger partial charge in [-0.2, -0.15) is 0 Å². The van der Waals surface area contributed by atoms with Gasteiger partial charge in [0.2, 0.25) is 5.91 Å². The van der Waals surface area contributed by atoms with E-state index >= 15 is 0 Å². The largest absolute Gasteiger partial charge is 0.497 e. The molecule has 0 aromatic heterocycles. The average Bonchev–Trinajstić information content (AvgIpc) is 3.31. The minimum atomic E-state index is -0.725. The highest BCUT2D eigenvalue weighted by Crippen LogP contribution is 2.35. The van der Waals surface area contributed by atoms with Crippen LogP contribution in [0.25, 0.3) is 0 Å². The second-order valence-corrected chi connectivity index (χ2v) is 8.30. The number of ether oxygens (including phenoxy) is 1. The fourth-order valence-electron chi connectivity index (χ4n) is 4.96. The number of hydrogen-bond donors (Lipinski definition) is 1. The number of likely N-dealkylation sites (tertiary alicyclic amines) is 1. The first-order valence-corrected chi connectivity index (χ1v) is 10.6. The molecule has 29 heavy (non-hydrogen) atoms. The third kappa shape index (κ3) is 3.70. The molecule has 1 N–H and O–H groups in total. The predicted molar refractivity (Wildman–Crippen MR) is 107 cm³/mol. The summed E-state index contributed by atoms with van der Waals surface area (Å²) < 4.78 is 5.21. The summed E-state index contributed by atoms with van der Waals surface area (Å²) in [5.74, 6) is 0.636. The minimum absolute atomic E-state index is 0.00601. The summed E-state index contributed by atoms with van der Waals surface area (Å²) in [4.78, 5) is 41.3. The third-order valence-corrected chi connectivity index (χ3v) is 6.58. The number of urea groups is 1. The summed E-state index contributed by atoms with van der Waals surface area (Å²) in [6.07, 6.45) is 6.46. The molecular weight excluding hydrogens is 370 g/mol. The van der Waals surface area contributed by atoms with Gasteiger partial charge in [0.15, 0.2) is 0 Å². The van der Waals surface area contributed by atoms with Crippen LogP contribution < -0.4 is 10.1 Å². The highest BCUT2D eigenvalue weighted by Gasteiger charge is 2.51. The lowest BCUT2D eigenvalue weighted by Crippen LogP contribution is -2.48. The second kappa shape index (κ2) is 8.05. The number of carbonyl (C=O) groups is 3. The van der Waals surface area contributed by atoms with E-state index in [1.165, 1.54) is 4.90 Å². The van der Waals surface area contributed by atoms with Crippen molar-refractivity contribution in [1.29, 1.82) is 0 Å². The molecule has 4 rings (SSSR count). The van der Waals surface area contributed by atoms with E-state index < -0.39 is 5.54 Å². The van der Waals surface area contributed by atoms with Crippen LogP contribution in [-0.2, 0) is 9.59 Å². The zero-order valence-corrected chi connectivity index (χ0v) is 17.0. The van der Waals surface area contributed by atoms with Gasteiger partial charge in [-0.3, -0.25) is 14.5 Å². The summed E-state index contributed by atoms with van der Waals surface area (Å²) in [6, 6.07) is 7.51. The molecule has 0 bridgehead atoms. The maximum atomic E-state index is 12.9. The Bertz CT molecular complexity index is 786. The number of nitrogens with zero attached hydrogens (tertiary/aromatic N) is 2. The summed E-state index contributed by atoms with van der Waals surface area (Å²) in [5, 5.41) is 2.91. The lowest BCUT2D eigenvalue weighted by Gasteiger charge is -2.30. The van der Waals surface area contributed by atoms with E-state index in [9.17, 15) is 14.4 Å². The molecule has 1 aromatic carbocycles. The Morgan fingerprint density at radius 3 is 2.55 bits per heavy atom. The van der Waals surface area contributed by atoms with Gasteiger partial charge in [-0.1, -0.05) is 31.4 Å². The van der Waals surface area contributed by atoms with Gasteiger partial charge in [-0.05, 0) is 43.4 Å². The van der Waals surface area contributed by atoms with Gasteiger partial charge in [-0.25, -0.2) is 4.79 Å². The zero-order chi connectivity index (χ0) is 20.4. The van der Waals surface area contributed by atoms with Crippen LogP contribution in [0.5, 0.6) is 5.75 Å². The van der Waals surface area contributed by atoms with Crippen molar-refractivity contribution in [2.75, 3.05) is 20.2 Å². The van der Waals surface area contributed by atoms with Crippen molar-refractivity contribution >= 4 is 17.8 Å². The van der Waals surface area contributed by atoms with Crippen molar-refractivity contribution in [3.63, 3.8) is 0 Å². The molecule has 3 fully saturated rings. The maximum Gasteiger partial charge on any atom is 0.325 e. The fourth-order valence-corrected chi connectivity index (χ4v) is 4.96. The van der Waals surface area contributed by atoms with Crippen molar-refractivity contribution < 1.29 is 19.1 Å². The molecule has 7 nitrogen and oxygen atoms in total. The Labute approximate surface area is 171 Å². The quantitative estimate of drug-likeness (QED) is 0.772. The van der Waals surface area contributed by atoms with Crippen LogP contribution in [0.1, 0.15) is 63.0 Å². The van der Waals surface area contributed by atoms with E-state index in [2.05, 4.69) is 5.32 Å². The van der Waals surface area contributed by atoms with Gasteiger partial charge < -0.3 is 15.0 Å². The first-order valence-electron chi connectivity index (χ1n) is 10.6. The van der Waals surface area contributed by atoms with Crippen molar-refractivity contribution in [1.82, 2.24) is 15.1 Å². The fraction of sp³-hybridized carbons (Fsp3) is 0.591. The Morgan fingerprint density at radius 2 is 1.86 bits per heavy atom. The molecule has 2 aliphatic heterocycles. The lowest BCUT2D eigenvalue weighted by atomic mass is 9.82. The summed E-state index contributed by atoms with van der Waals surface area (Å²) >= 11 is 0. The highest BCUT2D eigenvalue weighted by molar-refractivity contribution is 6.07. The number of rotatable bonds is 5. The number of imide groups is 1. The SMILES string of the molecule is COc1ccc(C2CCCN2C(=O)CCN2C(=O)NC3(CCCCC3)C2=O)cc1. The third-order valence-electron chi connectivity index (χ3n) is 6.58. The zero-order valence-electron chi connectivity index (χ0n) is 17.0. The van der Waals surface area contributed by atoms with Gasteiger partial charge in [0.25, 0.3) is 5.91 Å². The number of methoxy groups -OCH3 is 1.